The van der Waals surface area contributed by atoms with E-state index in [1.807, 2.05) is 48.0 Å². The SMILES string of the molecule is O=C(NC[C@H](c1cccs1)c1c[nH]c2ccccc12)c1ccc(F)c(F)c1. The molecule has 0 unspecified atom stereocenters. The van der Waals surface area contributed by atoms with Gasteiger partial charge >= 0.3 is 0 Å². The van der Waals surface area contributed by atoms with Gasteiger partial charge in [-0.15, -0.1) is 11.3 Å². The number of fused-ring (bicyclic) bond motifs is 1. The van der Waals surface area contributed by atoms with Crippen LogP contribution in [0.15, 0.2) is 66.2 Å². The van der Waals surface area contributed by atoms with Crippen molar-refractivity contribution in [2.75, 3.05) is 6.54 Å². The van der Waals surface area contributed by atoms with E-state index in [9.17, 15) is 13.6 Å². The van der Waals surface area contributed by atoms with Gasteiger partial charge in [0, 0.05) is 40.0 Å². The molecular formula is C21H16F2N2OS. The molecule has 0 bridgehead atoms. The first-order valence-corrected chi connectivity index (χ1v) is 9.34. The minimum absolute atomic E-state index is 0.0459. The number of para-hydroxylation sites is 1. The number of H-pyrrole nitrogens is 1. The minimum atomic E-state index is -1.03. The van der Waals surface area contributed by atoms with Gasteiger partial charge in [0.1, 0.15) is 0 Å². The maximum absolute atomic E-state index is 13.4. The fraction of sp³-hybridized carbons (Fsp3) is 0.0952. The summed E-state index contributed by atoms with van der Waals surface area (Å²) >= 11 is 1.61. The fourth-order valence-corrected chi connectivity index (χ4v) is 4.02. The van der Waals surface area contributed by atoms with Gasteiger partial charge in [0.15, 0.2) is 11.6 Å². The molecular weight excluding hydrogens is 366 g/mol. The summed E-state index contributed by atoms with van der Waals surface area (Å²) in [5.74, 6) is -2.48. The third-order valence-corrected chi connectivity index (χ3v) is 5.52. The lowest BCUT2D eigenvalue weighted by molar-refractivity contribution is 0.0952. The van der Waals surface area contributed by atoms with E-state index in [0.29, 0.717) is 6.54 Å². The Labute approximate surface area is 158 Å². The average molecular weight is 382 g/mol. The molecule has 0 spiro atoms. The number of carbonyl (C=O) groups excluding carboxylic acids is 1. The van der Waals surface area contributed by atoms with Crippen molar-refractivity contribution in [1.29, 1.82) is 0 Å². The van der Waals surface area contributed by atoms with Crippen LogP contribution < -0.4 is 5.32 Å². The highest BCUT2D eigenvalue weighted by atomic mass is 32.1. The van der Waals surface area contributed by atoms with Gasteiger partial charge in [-0.2, -0.15) is 0 Å². The van der Waals surface area contributed by atoms with Crippen molar-refractivity contribution in [3.63, 3.8) is 0 Å². The van der Waals surface area contributed by atoms with Gasteiger partial charge in [-0.05, 0) is 41.3 Å². The van der Waals surface area contributed by atoms with E-state index in [1.165, 1.54) is 6.07 Å². The van der Waals surface area contributed by atoms with Crippen LogP contribution in [0.2, 0.25) is 0 Å². The summed E-state index contributed by atoms with van der Waals surface area (Å²) in [5.41, 5.74) is 2.21. The second-order valence-electron chi connectivity index (χ2n) is 6.20. The number of benzene rings is 2. The normalized spacial score (nSPS) is 12.2. The largest absolute Gasteiger partial charge is 0.361 e. The van der Waals surface area contributed by atoms with Crippen LogP contribution in [0, 0.1) is 11.6 Å². The number of hydrogen-bond donors (Lipinski definition) is 2. The summed E-state index contributed by atoms with van der Waals surface area (Å²) in [4.78, 5) is 16.8. The number of rotatable bonds is 5. The highest BCUT2D eigenvalue weighted by Crippen LogP contribution is 2.32. The van der Waals surface area contributed by atoms with Crippen LogP contribution in [0.4, 0.5) is 8.78 Å². The zero-order chi connectivity index (χ0) is 18.8. The number of aromatic nitrogens is 1. The van der Waals surface area contributed by atoms with Crippen molar-refractivity contribution in [3.05, 3.63) is 93.8 Å². The van der Waals surface area contributed by atoms with E-state index in [4.69, 9.17) is 0 Å². The summed E-state index contributed by atoms with van der Waals surface area (Å²) in [6.07, 6.45) is 1.96. The molecule has 0 aliphatic heterocycles. The smallest absolute Gasteiger partial charge is 0.251 e. The zero-order valence-corrected chi connectivity index (χ0v) is 15.0. The molecule has 2 N–H and O–H groups in total. The van der Waals surface area contributed by atoms with Gasteiger partial charge in [0.2, 0.25) is 0 Å². The van der Waals surface area contributed by atoms with Crippen LogP contribution in [-0.4, -0.2) is 17.4 Å². The van der Waals surface area contributed by atoms with Gasteiger partial charge < -0.3 is 10.3 Å². The van der Waals surface area contributed by atoms with Crippen molar-refractivity contribution < 1.29 is 13.6 Å². The van der Waals surface area contributed by atoms with Crippen molar-refractivity contribution >= 4 is 28.1 Å². The molecule has 0 aliphatic rings. The topological polar surface area (TPSA) is 44.9 Å². The highest BCUT2D eigenvalue weighted by molar-refractivity contribution is 7.10. The minimum Gasteiger partial charge on any atom is -0.361 e. The zero-order valence-electron chi connectivity index (χ0n) is 14.2. The first-order valence-electron chi connectivity index (χ1n) is 8.46. The number of halogens is 2. The lowest BCUT2D eigenvalue weighted by Crippen LogP contribution is -2.28. The molecule has 0 saturated carbocycles. The second-order valence-corrected chi connectivity index (χ2v) is 7.18. The molecule has 0 fully saturated rings. The van der Waals surface area contributed by atoms with Crippen LogP contribution in [-0.2, 0) is 0 Å². The molecule has 6 heteroatoms. The molecule has 1 amide bonds. The van der Waals surface area contributed by atoms with Gasteiger partial charge in [0.25, 0.3) is 5.91 Å². The lowest BCUT2D eigenvalue weighted by Gasteiger charge is -2.16. The van der Waals surface area contributed by atoms with Gasteiger partial charge in [-0.3, -0.25) is 4.79 Å². The molecule has 0 saturated heterocycles. The van der Waals surface area contributed by atoms with E-state index in [1.54, 1.807) is 11.3 Å². The average Bonchev–Trinajstić information content (AvgIpc) is 3.35. The van der Waals surface area contributed by atoms with Crippen molar-refractivity contribution in [1.82, 2.24) is 10.3 Å². The Kier molecular flexibility index (Phi) is 4.73. The molecule has 27 heavy (non-hydrogen) atoms. The first kappa shape index (κ1) is 17.4. The summed E-state index contributed by atoms with van der Waals surface area (Å²) in [5, 5.41) is 5.94. The van der Waals surface area contributed by atoms with E-state index in [2.05, 4.69) is 10.3 Å². The maximum atomic E-state index is 13.4. The number of thiophene rings is 1. The van der Waals surface area contributed by atoms with E-state index >= 15 is 0 Å². The molecule has 2 heterocycles. The quantitative estimate of drug-likeness (QED) is 0.497. The molecule has 136 valence electrons. The first-order chi connectivity index (χ1) is 13.1. The summed E-state index contributed by atoms with van der Waals surface area (Å²) < 4.78 is 26.5. The Morgan fingerprint density at radius 1 is 1.07 bits per heavy atom. The number of carbonyl (C=O) groups is 1. The van der Waals surface area contributed by atoms with Crippen LogP contribution in [0.1, 0.15) is 26.7 Å². The maximum Gasteiger partial charge on any atom is 0.251 e. The number of amides is 1. The van der Waals surface area contributed by atoms with E-state index in [-0.39, 0.29) is 11.5 Å². The van der Waals surface area contributed by atoms with Crippen LogP contribution in [0.25, 0.3) is 10.9 Å². The lowest BCUT2D eigenvalue weighted by atomic mass is 9.96. The summed E-state index contributed by atoms with van der Waals surface area (Å²) in [6.45, 7) is 0.347. The Balaban J connectivity index is 1.61. The van der Waals surface area contributed by atoms with Crippen molar-refractivity contribution in [2.24, 2.45) is 0 Å². The molecule has 2 aromatic carbocycles. The third kappa shape index (κ3) is 3.48. The molecule has 1 atom stereocenters. The predicted molar refractivity (Wildman–Crippen MR) is 103 cm³/mol. The van der Waals surface area contributed by atoms with Crippen molar-refractivity contribution in [3.8, 4) is 0 Å². The van der Waals surface area contributed by atoms with Crippen LogP contribution in [0.5, 0.6) is 0 Å². The third-order valence-electron chi connectivity index (χ3n) is 4.53. The number of hydrogen-bond acceptors (Lipinski definition) is 2. The van der Waals surface area contributed by atoms with Gasteiger partial charge in [-0.1, -0.05) is 24.3 Å². The standard InChI is InChI=1S/C21H16F2N2OS/c22-17-8-7-13(10-18(17)23)21(26)25-12-16(20-6-3-9-27-20)15-11-24-19-5-2-1-4-14(15)19/h1-11,16,24H,12H2,(H,25,26)/t16-/m0/s1. The molecule has 0 aliphatic carbocycles. The Morgan fingerprint density at radius 2 is 1.93 bits per heavy atom. The number of aromatic amines is 1. The van der Waals surface area contributed by atoms with Crippen LogP contribution >= 0.6 is 11.3 Å². The molecule has 3 nitrogen and oxygen atoms in total. The van der Waals surface area contributed by atoms with E-state index < -0.39 is 17.5 Å². The second kappa shape index (κ2) is 7.32. The Bertz CT molecular complexity index is 1090. The number of nitrogens with one attached hydrogen (secondary N) is 2. The molecule has 0 radical (unpaired) electrons. The highest BCUT2D eigenvalue weighted by Gasteiger charge is 2.20. The summed E-state index contributed by atoms with van der Waals surface area (Å²) in [6, 6.07) is 15.1. The molecule has 2 aromatic heterocycles. The van der Waals surface area contributed by atoms with Gasteiger partial charge in [0.05, 0.1) is 0 Å². The molecule has 4 rings (SSSR count). The summed E-state index contributed by atoms with van der Waals surface area (Å²) in [7, 11) is 0. The van der Waals surface area contributed by atoms with Gasteiger partial charge in [-0.25, -0.2) is 8.78 Å². The predicted octanol–water partition coefficient (Wildman–Crippen LogP) is 5.07. The Morgan fingerprint density at radius 3 is 2.70 bits per heavy atom. The monoisotopic (exact) mass is 382 g/mol. The Hall–Kier alpha value is -2.99. The van der Waals surface area contributed by atoms with E-state index in [0.717, 1.165) is 33.5 Å². The van der Waals surface area contributed by atoms with Crippen molar-refractivity contribution in [2.45, 2.75) is 5.92 Å². The fourth-order valence-electron chi connectivity index (χ4n) is 3.17. The molecule has 4 aromatic rings. The van der Waals surface area contributed by atoms with Crippen LogP contribution in [0.3, 0.4) is 0 Å².